The van der Waals surface area contributed by atoms with Gasteiger partial charge in [-0.1, -0.05) is 0 Å². The highest BCUT2D eigenvalue weighted by molar-refractivity contribution is 5.60. The molecule has 4 nitrogen and oxygen atoms in total. The highest BCUT2D eigenvalue weighted by atomic mass is 19.4. The third-order valence-corrected chi connectivity index (χ3v) is 4.74. The fourth-order valence-corrected chi connectivity index (χ4v) is 3.14. The van der Waals surface area contributed by atoms with Gasteiger partial charge in [-0.2, -0.15) is 43.9 Å². The van der Waals surface area contributed by atoms with Crippen LogP contribution in [-0.4, -0.2) is 0 Å². The van der Waals surface area contributed by atoms with E-state index >= 15 is 0 Å². The van der Waals surface area contributed by atoms with Crippen molar-refractivity contribution < 1.29 is 66.5 Å². The molecule has 3 aromatic rings. The minimum Gasteiger partial charge on any atom is -0.456 e. The molecule has 17 heteroatoms. The van der Waals surface area contributed by atoms with Crippen LogP contribution in [0.2, 0.25) is 0 Å². The molecule has 0 unspecified atom stereocenters. The normalized spacial score (nSPS) is 12.6. The number of alkyl halides is 9. The summed E-state index contributed by atoms with van der Waals surface area (Å²) in [6.45, 7) is 0. The first-order chi connectivity index (χ1) is 17.2. The molecule has 206 valence electrons. The van der Waals surface area contributed by atoms with Crippen LogP contribution in [0.5, 0.6) is 23.0 Å². The average molecular weight is 568 g/mol. The molecule has 0 radical (unpaired) electrons. The summed E-state index contributed by atoms with van der Waals surface area (Å²) in [7, 11) is 0. The van der Waals surface area contributed by atoms with Crippen molar-refractivity contribution in [2.45, 2.75) is 18.5 Å². The zero-order valence-corrected chi connectivity index (χ0v) is 17.8. The number of benzene rings is 3. The Labute approximate surface area is 202 Å². The van der Waals surface area contributed by atoms with Crippen molar-refractivity contribution in [1.29, 1.82) is 0 Å². The Hall–Kier alpha value is -4.05. The quantitative estimate of drug-likeness (QED) is 0.247. The lowest BCUT2D eigenvalue weighted by molar-refractivity contribution is -0.141. The lowest BCUT2D eigenvalue weighted by Gasteiger charge is -2.21. The van der Waals surface area contributed by atoms with Gasteiger partial charge in [0.1, 0.15) is 45.6 Å². The molecule has 0 aliphatic rings. The molecule has 0 aromatic heterocycles. The van der Waals surface area contributed by atoms with Gasteiger partial charge in [0, 0.05) is 6.07 Å². The van der Waals surface area contributed by atoms with Crippen molar-refractivity contribution in [2.24, 2.45) is 0 Å². The number of ether oxygens (including phenoxy) is 2. The van der Waals surface area contributed by atoms with Gasteiger partial charge in [-0.3, -0.25) is 0 Å². The van der Waals surface area contributed by atoms with E-state index < -0.39 is 92.9 Å². The number of halogens is 13. The number of hydrogen-bond acceptors (Lipinski definition) is 4. The van der Waals surface area contributed by atoms with Crippen LogP contribution in [-0.2, 0) is 18.5 Å². The largest absolute Gasteiger partial charge is 0.456 e. The minimum atomic E-state index is -5.85. The lowest BCUT2D eigenvalue weighted by Crippen LogP contribution is -2.16. The number of nitrogens with two attached hydrogens (primary N) is 2. The highest BCUT2D eigenvalue weighted by Crippen LogP contribution is 2.49. The molecule has 0 spiro atoms. The smallest absolute Gasteiger partial charge is 0.422 e. The third kappa shape index (κ3) is 5.31. The highest BCUT2D eigenvalue weighted by Gasteiger charge is 2.44. The van der Waals surface area contributed by atoms with E-state index in [0.717, 1.165) is 0 Å². The summed E-state index contributed by atoms with van der Waals surface area (Å²) in [4.78, 5) is 0. The maximum atomic E-state index is 14.5. The second kappa shape index (κ2) is 9.36. The van der Waals surface area contributed by atoms with E-state index in [1.165, 1.54) is 0 Å². The number of rotatable bonds is 4. The van der Waals surface area contributed by atoms with Crippen molar-refractivity contribution in [1.82, 2.24) is 0 Å². The predicted octanol–water partition coefficient (Wildman–Crippen LogP) is 8.05. The summed E-state index contributed by atoms with van der Waals surface area (Å²) >= 11 is 0. The molecule has 0 atom stereocenters. The molecule has 0 heterocycles. The maximum absolute atomic E-state index is 14.5. The van der Waals surface area contributed by atoms with Gasteiger partial charge >= 0.3 is 18.5 Å². The van der Waals surface area contributed by atoms with Crippen LogP contribution in [0.3, 0.4) is 0 Å². The zero-order valence-electron chi connectivity index (χ0n) is 17.8. The molecule has 0 fully saturated rings. The Morgan fingerprint density at radius 2 is 0.842 bits per heavy atom. The first-order valence-corrected chi connectivity index (χ1v) is 9.50. The molecule has 4 N–H and O–H groups in total. The SMILES string of the molecule is Nc1c(F)ccc(Oc2cc(Oc3ccc(F)c(N)c3C(F)(F)F)c(C(F)(F)F)c(F)c2F)c1C(F)(F)F. The molecule has 3 rings (SSSR count). The standard InChI is InChI=1S/C21H9F13N2O2/c22-6-1-3-8(13(17(6)35)20(29,30)31)37-10-5-11(15(24)16(25)12(10)19(26,27)28)38-9-4-2-7(23)18(36)14(9)21(32,33)34/h1-5H,35-36H2. The van der Waals surface area contributed by atoms with E-state index in [2.05, 4.69) is 9.47 Å². The molecule has 0 saturated heterocycles. The summed E-state index contributed by atoms with van der Waals surface area (Å²) in [5.74, 6) is -15.5. The van der Waals surface area contributed by atoms with Gasteiger partial charge < -0.3 is 20.9 Å². The van der Waals surface area contributed by atoms with E-state index in [9.17, 15) is 57.1 Å². The van der Waals surface area contributed by atoms with Crippen molar-refractivity contribution >= 4 is 11.4 Å². The first kappa shape index (κ1) is 28.5. The van der Waals surface area contributed by atoms with Gasteiger partial charge in [0.05, 0.1) is 11.4 Å². The van der Waals surface area contributed by atoms with Crippen molar-refractivity contribution in [3.05, 3.63) is 70.3 Å². The van der Waals surface area contributed by atoms with Crippen LogP contribution in [0.25, 0.3) is 0 Å². The number of nitrogen functional groups attached to an aromatic ring is 2. The fourth-order valence-electron chi connectivity index (χ4n) is 3.14. The van der Waals surface area contributed by atoms with E-state index in [0.29, 0.717) is 6.07 Å². The van der Waals surface area contributed by atoms with Crippen LogP contribution in [0.4, 0.5) is 68.5 Å². The second-order valence-corrected chi connectivity index (χ2v) is 7.24. The topological polar surface area (TPSA) is 70.5 Å². The van der Waals surface area contributed by atoms with E-state index in [4.69, 9.17) is 11.5 Å². The molecular weight excluding hydrogens is 559 g/mol. The van der Waals surface area contributed by atoms with E-state index in [-0.39, 0.29) is 24.3 Å². The van der Waals surface area contributed by atoms with Crippen LogP contribution in [0, 0.1) is 23.3 Å². The average Bonchev–Trinajstić information content (AvgIpc) is 2.74. The molecule has 0 bridgehead atoms. The van der Waals surface area contributed by atoms with Gasteiger partial charge in [-0.15, -0.1) is 0 Å². The molecule has 0 saturated carbocycles. The number of anilines is 2. The zero-order chi connectivity index (χ0) is 29.0. The molecule has 3 aromatic carbocycles. The van der Waals surface area contributed by atoms with Gasteiger partial charge in [0.2, 0.25) is 5.82 Å². The Kier molecular flexibility index (Phi) is 7.02. The molecule has 0 aliphatic carbocycles. The van der Waals surface area contributed by atoms with Gasteiger partial charge in [-0.05, 0) is 24.3 Å². The molecule has 0 amide bonds. The van der Waals surface area contributed by atoms with Crippen molar-refractivity contribution in [2.75, 3.05) is 11.5 Å². The Bertz CT molecular complexity index is 1400. The lowest BCUT2D eigenvalue weighted by atomic mass is 10.1. The Morgan fingerprint density at radius 1 is 0.474 bits per heavy atom. The molecular formula is C21H9F13N2O2. The third-order valence-electron chi connectivity index (χ3n) is 4.74. The monoisotopic (exact) mass is 568 g/mol. The Morgan fingerprint density at radius 3 is 1.21 bits per heavy atom. The van der Waals surface area contributed by atoms with Gasteiger partial charge in [0.15, 0.2) is 11.6 Å². The van der Waals surface area contributed by atoms with Crippen molar-refractivity contribution in [3.63, 3.8) is 0 Å². The summed E-state index contributed by atoms with van der Waals surface area (Å²) in [5, 5.41) is 0. The van der Waals surface area contributed by atoms with Crippen LogP contribution in [0.1, 0.15) is 16.7 Å². The van der Waals surface area contributed by atoms with Crippen molar-refractivity contribution in [3.8, 4) is 23.0 Å². The van der Waals surface area contributed by atoms with E-state index in [1.807, 2.05) is 0 Å². The number of hydrogen-bond donors (Lipinski definition) is 2. The summed E-state index contributed by atoms with van der Waals surface area (Å²) < 4.78 is 186. The summed E-state index contributed by atoms with van der Waals surface area (Å²) in [6.07, 6.45) is -16.9. The van der Waals surface area contributed by atoms with Gasteiger partial charge in [0.25, 0.3) is 0 Å². The van der Waals surface area contributed by atoms with Crippen LogP contribution >= 0.6 is 0 Å². The summed E-state index contributed by atoms with van der Waals surface area (Å²) in [5.41, 5.74) is 0.00416. The minimum absolute atomic E-state index is 0.166. The molecule has 0 aliphatic heterocycles. The van der Waals surface area contributed by atoms with Gasteiger partial charge in [-0.25, -0.2) is 13.2 Å². The fraction of sp³-hybridized carbons (Fsp3) is 0.143. The van der Waals surface area contributed by atoms with Crippen LogP contribution < -0.4 is 20.9 Å². The maximum Gasteiger partial charge on any atom is 0.422 e. The van der Waals surface area contributed by atoms with Crippen LogP contribution in [0.15, 0.2) is 30.3 Å². The predicted molar refractivity (Wildman–Crippen MR) is 103 cm³/mol. The first-order valence-electron chi connectivity index (χ1n) is 9.50. The molecule has 38 heavy (non-hydrogen) atoms. The Balaban J connectivity index is 2.27. The second-order valence-electron chi connectivity index (χ2n) is 7.24. The van der Waals surface area contributed by atoms with E-state index in [1.54, 1.807) is 0 Å². The summed E-state index contributed by atoms with van der Waals surface area (Å²) in [6, 6.07) is 0.722.